The number of nitrogens with one attached hydrogen (secondary N) is 1. The molecular weight excluding hydrogens is 336 g/mol. The van der Waals surface area contributed by atoms with Crippen molar-refractivity contribution in [3.05, 3.63) is 52.4 Å². The van der Waals surface area contributed by atoms with Crippen LogP contribution in [0.3, 0.4) is 0 Å². The average Bonchev–Trinajstić information content (AvgIpc) is 2.86. The number of phenols is 1. The number of aromatic nitrogens is 3. The van der Waals surface area contributed by atoms with Crippen molar-refractivity contribution in [3.63, 3.8) is 0 Å². The summed E-state index contributed by atoms with van der Waals surface area (Å²) in [5.41, 5.74) is 2.08. The van der Waals surface area contributed by atoms with E-state index in [1.807, 2.05) is 6.92 Å². The molecule has 0 fully saturated rings. The van der Waals surface area contributed by atoms with Crippen LogP contribution < -0.4 is 5.32 Å². The van der Waals surface area contributed by atoms with E-state index in [0.29, 0.717) is 11.3 Å². The number of rotatable bonds is 2. The van der Waals surface area contributed by atoms with Gasteiger partial charge < -0.3 is 10.4 Å². The molecule has 0 aliphatic rings. The van der Waals surface area contributed by atoms with Gasteiger partial charge in [0, 0.05) is 18.5 Å². The Kier molecular flexibility index (Phi) is 3.34. The summed E-state index contributed by atoms with van der Waals surface area (Å²) in [7, 11) is 0. The first-order chi connectivity index (χ1) is 10.0. The van der Waals surface area contributed by atoms with Crippen molar-refractivity contribution in [2.24, 2.45) is 0 Å². The van der Waals surface area contributed by atoms with E-state index in [1.165, 1.54) is 10.6 Å². The largest absolute Gasteiger partial charge is 0.506 e. The van der Waals surface area contributed by atoms with Crippen LogP contribution in [0.15, 0.2) is 41.1 Å². The molecule has 0 bridgehead atoms. The smallest absolute Gasteiger partial charge is 0.276 e. The van der Waals surface area contributed by atoms with Crippen molar-refractivity contribution in [3.8, 4) is 5.75 Å². The fourth-order valence-electron chi connectivity index (χ4n) is 1.90. The summed E-state index contributed by atoms with van der Waals surface area (Å²) in [6.07, 6.45) is 3.34. The van der Waals surface area contributed by atoms with Crippen LogP contribution in [0, 0.1) is 6.92 Å². The quantitative estimate of drug-likeness (QED) is 0.699. The molecule has 6 nitrogen and oxygen atoms in total. The molecule has 2 aromatic heterocycles. The second kappa shape index (κ2) is 5.17. The van der Waals surface area contributed by atoms with Gasteiger partial charge in [-0.2, -0.15) is 5.10 Å². The Balaban J connectivity index is 1.91. The molecule has 0 spiro atoms. The third-order valence-electron chi connectivity index (χ3n) is 2.91. The van der Waals surface area contributed by atoms with Crippen molar-refractivity contribution < 1.29 is 9.90 Å². The van der Waals surface area contributed by atoms with Crippen molar-refractivity contribution in [1.82, 2.24) is 14.6 Å². The predicted octanol–water partition coefficient (Wildman–Crippen LogP) is 2.76. The van der Waals surface area contributed by atoms with Crippen LogP contribution in [0.4, 0.5) is 5.69 Å². The fraction of sp³-hybridized carbons (Fsp3) is 0.0714. The van der Waals surface area contributed by atoms with Gasteiger partial charge >= 0.3 is 0 Å². The molecule has 0 radical (unpaired) electrons. The first-order valence-electron chi connectivity index (χ1n) is 6.15. The molecule has 2 N–H and O–H groups in total. The van der Waals surface area contributed by atoms with E-state index in [2.05, 4.69) is 31.3 Å². The van der Waals surface area contributed by atoms with Gasteiger partial charge in [-0.3, -0.25) is 4.79 Å². The molecule has 0 saturated carbocycles. The molecule has 2 heterocycles. The van der Waals surface area contributed by atoms with Crippen molar-refractivity contribution in [1.29, 1.82) is 0 Å². The first kappa shape index (κ1) is 13.6. The van der Waals surface area contributed by atoms with E-state index in [0.717, 1.165) is 10.0 Å². The van der Waals surface area contributed by atoms with Gasteiger partial charge in [-0.15, -0.1) is 0 Å². The van der Waals surface area contributed by atoms with Gasteiger partial charge in [-0.25, -0.2) is 9.50 Å². The summed E-state index contributed by atoms with van der Waals surface area (Å²) < 4.78 is 2.27. The molecule has 0 atom stereocenters. The number of nitrogens with zero attached hydrogens (tertiary/aromatic N) is 3. The number of halogens is 1. The number of benzene rings is 1. The molecule has 1 amide bonds. The minimum absolute atomic E-state index is 0.0126. The number of phenolic OH excluding ortho intramolecular Hbond substituents is 1. The standard InChI is InChI=1S/C14H11BrN4O2/c1-8-2-3-12(20)10(4-8)17-14(21)11-5-13-16-6-9(15)7-19(13)18-11/h2-7,20H,1H3,(H,17,21). The molecule has 0 aliphatic carbocycles. The number of carbonyl (C=O) groups is 1. The molecular formula is C14H11BrN4O2. The highest BCUT2D eigenvalue weighted by molar-refractivity contribution is 9.10. The van der Waals surface area contributed by atoms with Gasteiger partial charge in [-0.1, -0.05) is 6.07 Å². The number of carbonyl (C=O) groups excluding carboxylic acids is 1. The number of anilines is 1. The van der Waals surface area contributed by atoms with E-state index in [-0.39, 0.29) is 11.4 Å². The zero-order chi connectivity index (χ0) is 15.0. The number of aryl methyl sites for hydroxylation is 1. The molecule has 106 valence electrons. The summed E-state index contributed by atoms with van der Waals surface area (Å²) in [5, 5.41) is 16.5. The first-order valence-corrected chi connectivity index (χ1v) is 6.94. The molecule has 3 aromatic rings. The molecule has 1 aromatic carbocycles. The van der Waals surface area contributed by atoms with Gasteiger partial charge in [0.1, 0.15) is 5.75 Å². The third-order valence-corrected chi connectivity index (χ3v) is 3.32. The highest BCUT2D eigenvalue weighted by atomic mass is 79.9. The topological polar surface area (TPSA) is 79.5 Å². The van der Waals surface area contributed by atoms with Crippen molar-refractivity contribution in [2.75, 3.05) is 5.32 Å². The summed E-state index contributed by atoms with van der Waals surface area (Å²) in [4.78, 5) is 16.3. The molecule has 0 aliphatic heterocycles. The summed E-state index contributed by atoms with van der Waals surface area (Å²) in [5.74, 6) is -0.392. The molecule has 3 rings (SSSR count). The summed E-state index contributed by atoms with van der Waals surface area (Å²) in [6.45, 7) is 1.88. The van der Waals surface area contributed by atoms with Gasteiger partial charge in [-0.05, 0) is 40.5 Å². The maximum atomic E-state index is 12.2. The van der Waals surface area contributed by atoms with Gasteiger partial charge in [0.15, 0.2) is 11.3 Å². The Morgan fingerprint density at radius 1 is 1.38 bits per heavy atom. The van der Waals surface area contributed by atoms with E-state index < -0.39 is 5.91 Å². The molecule has 0 unspecified atom stereocenters. The van der Waals surface area contributed by atoms with E-state index in [4.69, 9.17) is 0 Å². The van der Waals surface area contributed by atoms with Crippen LogP contribution in [0.2, 0.25) is 0 Å². The van der Waals surface area contributed by atoms with Gasteiger partial charge in [0.2, 0.25) is 0 Å². The van der Waals surface area contributed by atoms with Crippen molar-refractivity contribution in [2.45, 2.75) is 6.92 Å². The second-order valence-corrected chi connectivity index (χ2v) is 5.49. The normalized spacial score (nSPS) is 10.8. The zero-order valence-corrected chi connectivity index (χ0v) is 12.6. The average molecular weight is 347 g/mol. The Bertz CT molecular complexity index is 844. The number of hydrogen-bond acceptors (Lipinski definition) is 4. The van der Waals surface area contributed by atoms with E-state index >= 15 is 0 Å². The molecule has 21 heavy (non-hydrogen) atoms. The number of aromatic hydroxyl groups is 1. The van der Waals surface area contributed by atoms with E-state index in [1.54, 1.807) is 30.6 Å². The van der Waals surface area contributed by atoms with Crippen LogP contribution in [-0.2, 0) is 0 Å². The lowest BCUT2D eigenvalue weighted by Gasteiger charge is -2.06. The zero-order valence-electron chi connectivity index (χ0n) is 11.0. The Morgan fingerprint density at radius 3 is 3.00 bits per heavy atom. The Hall–Kier alpha value is -2.41. The lowest BCUT2D eigenvalue weighted by atomic mass is 10.2. The number of amides is 1. The minimum Gasteiger partial charge on any atom is -0.506 e. The van der Waals surface area contributed by atoms with Crippen LogP contribution in [0.1, 0.15) is 16.1 Å². The molecule has 0 saturated heterocycles. The minimum atomic E-state index is -0.405. The summed E-state index contributed by atoms with van der Waals surface area (Å²) in [6, 6.07) is 6.57. The predicted molar refractivity (Wildman–Crippen MR) is 81.5 cm³/mol. The maximum Gasteiger partial charge on any atom is 0.276 e. The SMILES string of the molecule is Cc1ccc(O)c(NC(=O)c2cc3ncc(Br)cn3n2)c1. The van der Waals surface area contributed by atoms with Crippen LogP contribution in [-0.4, -0.2) is 25.6 Å². The monoisotopic (exact) mass is 346 g/mol. The third kappa shape index (κ3) is 2.73. The highest BCUT2D eigenvalue weighted by Gasteiger charge is 2.13. The fourth-order valence-corrected chi connectivity index (χ4v) is 2.20. The lowest BCUT2D eigenvalue weighted by Crippen LogP contribution is -2.12. The Morgan fingerprint density at radius 2 is 2.19 bits per heavy atom. The maximum absolute atomic E-state index is 12.2. The Labute approximate surface area is 128 Å². The number of hydrogen-bond donors (Lipinski definition) is 2. The van der Waals surface area contributed by atoms with Crippen LogP contribution in [0.5, 0.6) is 5.75 Å². The summed E-state index contributed by atoms with van der Waals surface area (Å²) >= 11 is 3.29. The van der Waals surface area contributed by atoms with Gasteiger partial charge in [0.05, 0.1) is 10.2 Å². The molecule has 7 heteroatoms. The second-order valence-electron chi connectivity index (χ2n) is 4.58. The van der Waals surface area contributed by atoms with Gasteiger partial charge in [0.25, 0.3) is 5.91 Å². The number of fused-ring (bicyclic) bond motifs is 1. The van der Waals surface area contributed by atoms with Crippen LogP contribution in [0.25, 0.3) is 5.65 Å². The van der Waals surface area contributed by atoms with E-state index in [9.17, 15) is 9.90 Å². The lowest BCUT2D eigenvalue weighted by molar-refractivity contribution is 0.102. The highest BCUT2D eigenvalue weighted by Crippen LogP contribution is 2.24. The van der Waals surface area contributed by atoms with Crippen molar-refractivity contribution >= 4 is 33.2 Å². The van der Waals surface area contributed by atoms with Crippen LogP contribution >= 0.6 is 15.9 Å².